The lowest BCUT2D eigenvalue weighted by molar-refractivity contribution is 0.362. The molecule has 0 radical (unpaired) electrons. The number of benzene rings is 1. The Bertz CT molecular complexity index is 940. The molecule has 2 N–H and O–H groups in total. The van der Waals surface area contributed by atoms with E-state index in [0.29, 0.717) is 26.2 Å². The van der Waals surface area contributed by atoms with E-state index in [4.69, 9.17) is 4.74 Å². The number of nitrogens with zero attached hydrogens (tertiary/aromatic N) is 3. The largest absolute Gasteiger partial charge is 0.481 e. The van der Waals surface area contributed by atoms with E-state index >= 15 is 0 Å². The Morgan fingerprint density at radius 3 is 2.75 bits per heavy atom. The zero-order chi connectivity index (χ0) is 20.1. The topological polar surface area (TPSA) is 96.5 Å². The summed E-state index contributed by atoms with van der Waals surface area (Å²) in [5.41, 5.74) is 0.152. The maximum Gasteiger partial charge on any atom is 0.302 e. The Balaban J connectivity index is 1.77. The first kappa shape index (κ1) is 20.7. The Hall–Kier alpha value is -2.02. The van der Waals surface area contributed by atoms with Gasteiger partial charge in [0, 0.05) is 43.6 Å². The van der Waals surface area contributed by atoms with Crippen LogP contribution in [0.5, 0.6) is 5.88 Å². The lowest BCUT2D eigenvalue weighted by Crippen LogP contribution is -2.48. The highest BCUT2D eigenvalue weighted by Gasteiger charge is 2.24. The van der Waals surface area contributed by atoms with Crippen molar-refractivity contribution in [1.82, 2.24) is 19.6 Å². The molecule has 1 aromatic carbocycles. The number of hydrogen-bond donors (Lipinski definition) is 2. The Kier molecular flexibility index (Phi) is 6.65. The number of methoxy groups -OCH3 is 1. The predicted molar refractivity (Wildman–Crippen MR) is 101 cm³/mol. The van der Waals surface area contributed by atoms with E-state index < -0.39 is 21.8 Å². The van der Waals surface area contributed by atoms with Crippen LogP contribution in [-0.2, 0) is 16.0 Å². The maximum absolute atomic E-state index is 13.8. The molecule has 28 heavy (non-hydrogen) atoms. The molecular weight excluding hydrogens is 412 g/mol. The molecule has 1 aliphatic heterocycles. The highest BCUT2D eigenvalue weighted by atomic mass is 32.2. The van der Waals surface area contributed by atoms with Gasteiger partial charge in [-0.25, -0.2) is 13.8 Å². The number of hydrogen-bond acceptors (Lipinski definition) is 7. The van der Waals surface area contributed by atoms with Crippen LogP contribution >= 0.6 is 11.8 Å². The summed E-state index contributed by atoms with van der Waals surface area (Å²) in [7, 11) is -2.39. The fraction of sp³-hybridized carbons (Fsp3) is 0.375. The number of piperazine rings is 1. The number of aromatic nitrogens is 2. The number of anilines is 1. The van der Waals surface area contributed by atoms with Crippen molar-refractivity contribution in [3.63, 3.8) is 0 Å². The van der Waals surface area contributed by atoms with Crippen LogP contribution in [0.3, 0.4) is 0 Å². The summed E-state index contributed by atoms with van der Waals surface area (Å²) in [5.74, 6) is -1.62. The van der Waals surface area contributed by atoms with Crippen LogP contribution in [0.2, 0.25) is 0 Å². The van der Waals surface area contributed by atoms with E-state index in [1.807, 2.05) is 0 Å². The summed E-state index contributed by atoms with van der Waals surface area (Å²) < 4.78 is 61.0. The summed E-state index contributed by atoms with van der Waals surface area (Å²) >= 11 is 1.03. The van der Waals surface area contributed by atoms with Crippen LogP contribution in [0.4, 0.5) is 14.6 Å². The molecular formula is C16H19F2N5O3S2. The van der Waals surface area contributed by atoms with Gasteiger partial charge in [0.15, 0.2) is 16.8 Å². The minimum absolute atomic E-state index is 0.0348. The first-order valence-electron chi connectivity index (χ1n) is 8.36. The quantitative estimate of drug-likeness (QED) is 0.508. The number of halogens is 2. The zero-order valence-corrected chi connectivity index (χ0v) is 16.6. The van der Waals surface area contributed by atoms with E-state index in [9.17, 15) is 17.2 Å². The van der Waals surface area contributed by atoms with E-state index in [1.165, 1.54) is 29.6 Å². The minimum Gasteiger partial charge on any atom is -0.481 e. The second-order valence-electron chi connectivity index (χ2n) is 5.84. The van der Waals surface area contributed by atoms with Crippen LogP contribution in [0, 0.1) is 11.6 Å². The maximum atomic E-state index is 13.8. The molecule has 0 aliphatic carbocycles. The Morgan fingerprint density at radius 2 is 2.04 bits per heavy atom. The highest BCUT2D eigenvalue weighted by Crippen LogP contribution is 2.26. The number of thioether (sulfide) groups is 1. The summed E-state index contributed by atoms with van der Waals surface area (Å²) in [6.07, 6.45) is 0. The van der Waals surface area contributed by atoms with Crippen molar-refractivity contribution in [2.45, 2.75) is 10.9 Å². The normalized spacial score (nSPS) is 15.4. The van der Waals surface area contributed by atoms with Crippen molar-refractivity contribution in [2.24, 2.45) is 0 Å². The van der Waals surface area contributed by atoms with Gasteiger partial charge in [0.2, 0.25) is 5.88 Å². The van der Waals surface area contributed by atoms with Crippen LogP contribution in [-0.4, -0.2) is 56.0 Å². The van der Waals surface area contributed by atoms with Gasteiger partial charge in [-0.3, -0.25) is 4.72 Å². The van der Waals surface area contributed by atoms with Gasteiger partial charge in [0.05, 0.1) is 7.11 Å². The molecule has 0 spiro atoms. The van der Waals surface area contributed by atoms with Crippen molar-refractivity contribution in [2.75, 3.05) is 38.0 Å². The standard InChI is InChI=1S/C16H19F2N5O3S2/c1-26-14-9-13(22-28(24,25)23-7-5-19-6-8-23)20-16(21-14)27-10-11-3-2-4-12(17)15(11)18/h2-4,9,19H,5-8,10H2,1H3,(H,20,21,22). The molecule has 12 heteroatoms. The molecule has 0 saturated carbocycles. The van der Waals surface area contributed by atoms with Gasteiger partial charge in [-0.05, 0) is 6.07 Å². The lowest BCUT2D eigenvalue weighted by Gasteiger charge is -2.26. The highest BCUT2D eigenvalue weighted by molar-refractivity contribution is 7.98. The first-order valence-corrected chi connectivity index (χ1v) is 10.8. The Labute approximate surface area is 165 Å². The molecule has 2 aromatic rings. The van der Waals surface area contributed by atoms with Gasteiger partial charge in [0.1, 0.15) is 5.82 Å². The molecule has 1 fully saturated rings. The van der Waals surface area contributed by atoms with Crippen LogP contribution < -0.4 is 14.8 Å². The third kappa shape index (κ3) is 5.07. The third-order valence-corrected chi connectivity index (χ3v) is 6.34. The molecule has 8 nitrogen and oxygen atoms in total. The van der Waals surface area contributed by atoms with Crippen molar-refractivity contribution >= 4 is 27.8 Å². The van der Waals surface area contributed by atoms with E-state index in [1.54, 1.807) is 0 Å². The Morgan fingerprint density at radius 1 is 1.29 bits per heavy atom. The molecule has 0 amide bonds. The molecule has 0 atom stereocenters. The van der Waals surface area contributed by atoms with Gasteiger partial charge >= 0.3 is 10.2 Å². The van der Waals surface area contributed by atoms with Gasteiger partial charge in [0.25, 0.3) is 0 Å². The third-order valence-electron chi connectivity index (χ3n) is 3.93. The van der Waals surface area contributed by atoms with Crippen molar-refractivity contribution in [3.8, 4) is 5.88 Å². The zero-order valence-electron chi connectivity index (χ0n) is 15.0. The molecule has 2 heterocycles. The molecule has 1 saturated heterocycles. The number of nitrogens with one attached hydrogen (secondary N) is 2. The van der Waals surface area contributed by atoms with Gasteiger partial charge in [-0.1, -0.05) is 23.9 Å². The summed E-state index contributed by atoms with van der Waals surface area (Å²) in [5, 5.41) is 3.25. The second-order valence-corrected chi connectivity index (χ2v) is 8.45. The SMILES string of the molecule is COc1cc(NS(=O)(=O)N2CCNCC2)nc(SCc2cccc(F)c2F)n1. The van der Waals surface area contributed by atoms with Crippen LogP contribution in [0.1, 0.15) is 5.56 Å². The summed E-state index contributed by atoms with van der Waals surface area (Å²) in [6.45, 7) is 1.82. The van der Waals surface area contributed by atoms with Crippen molar-refractivity contribution < 1.29 is 21.9 Å². The molecule has 3 rings (SSSR count). The fourth-order valence-electron chi connectivity index (χ4n) is 2.51. The molecule has 152 valence electrons. The average molecular weight is 431 g/mol. The van der Waals surface area contributed by atoms with Gasteiger partial charge < -0.3 is 10.1 Å². The monoisotopic (exact) mass is 431 g/mol. The predicted octanol–water partition coefficient (Wildman–Crippen LogP) is 1.62. The molecule has 1 aliphatic rings. The van der Waals surface area contributed by atoms with Crippen LogP contribution in [0.25, 0.3) is 0 Å². The minimum atomic E-state index is -3.78. The van der Waals surface area contributed by atoms with Gasteiger partial charge in [-0.15, -0.1) is 0 Å². The lowest BCUT2D eigenvalue weighted by atomic mass is 10.2. The molecule has 1 aromatic heterocycles. The van der Waals surface area contributed by atoms with E-state index in [2.05, 4.69) is 20.0 Å². The van der Waals surface area contributed by atoms with Crippen molar-refractivity contribution in [1.29, 1.82) is 0 Å². The smallest absolute Gasteiger partial charge is 0.302 e. The average Bonchev–Trinajstić information content (AvgIpc) is 2.69. The number of ether oxygens (including phenoxy) is 1. The molecule has 0 unspecified atom stereocenters. The number of rotatable bonds is 7. The van der Waals surface area contributed by atoms with E-state index in [0.717, 1.165) is 17.8 Å². The van der Waals surface area contributed by atoms with Gasteiger partial charge in [-0.2, -0.15) is 17.7 Å². The first-order chi connectivity index (χ1) is 13.4. The van der Waals surface area contributed by atoms with Crippen molar-refractivity contribution in [3.05, 3.63) is 41.5 Å². The molecule has 0 bridgehead atoms. The van der Waals surface area contributed by atoms with Crippen LogP contribution in [0.15, 0.2) is 29.4 Å². The summed E-state index contributed by atoms with van der Waals surface area (Å²) in [6, 6.07) is 5.26. The second kappa shape index (κ2) is 8.99. The van der Waals surface area contributed by atoms with E-state index in [-0.39, 0.29) is 28.2 Å². The summed E-state index contributed by atoms with van der Waals surface area (Å²) in [4.78, 5) is 8.27. The fourth-order valence-corrected chi connectivity index (χ4v) is 4.50.